The summed E-state index contributed by atoms with van der Waals surface area (Å²) in [7, 11) is 0. The topological polar surface area (TPSA) is 46.1 Å². The summed E-state index contributed by atoms with van der Waals surface area (Å²) in [6, 6.07) is 10.4. The third kappa shape index (κ3) is 2.60. The molecule has 0 bridgehead atoms. The van der Waals surface area contributed by atoms with Gasteiger partial charge < -0.3 is 0 Å². The first-order valence-electron chi connectivity index (χ1n) is 6.84. The van der Waals surface area contributed by atoms with Crippen molar-refractivity contribution in [3.05, 3.63) is 58.7 Å². The van der Waals surface area contributed by atoms with Gasteiger partial charge in [0, 0.05) is 31.6 Å². The van der Waals surface area contributed by atoms with Gasteiger partial charge in [-0.15, -0.1) is 0 Å². The number of hydrogen-bond donors (Lipinski definition) is 0. The van der Waals surface area contributed by atoms with Crippen LogP contribution in [0, 0.1) is 6.92 Å². The van der Waals surface area contributed by atoms with Crippen molar-refractivity contribution in [2.45, 2.75) is 26.4 Å². The Kier molecular flexibility index (Phi) is 3.56. The molecule has 1 aliphatic rings. The molecule has 0 spiro atoms. The molecule has 0 atom stereocenters. The molecule has 20 heavy (non-hydrogen) atoms. The number of hydrogen-bond acceptors (Lipinski definition) is 4. The van der Waals surface area contributed by atoms with E-state index in [1.807, 2.05) is 13.0 Å². The zero-order valence-corrected chi connectivity index (χ0v) is 11.5. The fourth-order valence-electron chi connectivity index (χ4n) is 2.70. The van der Waals surface area contributed by atoms with E-state index >= 15 is 0 Å². The minimum absolute atomic E-state index is 0.547. The lowest BCUT2D eigenvalue weighted by Gasteiger charge is -2.28. The Labute approximate surface area is 118 Å². The number of aryl methyl sites for hydroxylation is 1. The quantitative estimate of drug-likeness (QED) is 0.799. The van der Waals surface area contributed by atoms with E-state index in [1.54, 1.807) is 0 Å². The average Bonchev–Trinajstić information content (AvgIpc) is 2.48. The van der Waals surface area contributed by atoms with Crippen LogP contribution in [-0.2, 0) is 19.5 Å². The highest BCUT2D eigenvalue weighted by molar-refractivity contribution is 5.74. The highest BCUT2D eigenvalue weighted by Crippen LogP contribution is 2.21. The van der Waals surface area contributed by atoms with Crippen LogP contribution in [0.1, 0.15) is 33.1 Å². The van der Waals surface area contributed by atoms with Crippen molar-refractivity contribution in [3.8, 4) is 0 Å². The van der Waals surface area contributed by atoms with Crippen molar-refractivity contribution in [3.63, 3.8) is 0 Å². The van der Waals surface area contributed by atoms with Crippen LogP contribution in [0.25, 0.3) is 0 Å². The highest BCUT2D eigenvalue weighted by Gasteiger charge is 2.21. The fraction of sp³-hybridized carbons (Fsp3) is 0.312. The molecule has 1 aromatic heterocycles. The number of benzene rings is 1. The second-order valence-electron chi connectivity index (χ2n) is 5.15. The third-order valence-electron chi connectivity index (χ3n) is 3.64. The second kappa shape index (κ2) is 5.51. The van der Waals surface area contributed by atoms with Crippen molar-refractivity contribution in [2.75, 3.05) is 6.54 Å². The Morgan fingerprint density at radius 2 is 2.05 bits per heavy atom. The van der Waals surface area contributed by atoms with Gasteiger partial charge in [0.1, 0.15) is 11.5 Å². The molecule has 0 unspecified atom stereocenters. The van der Waals surface area contributed by atoms with E-state index in [9.17, 15) is 4.79 Å². The van der Waals surface area contributed by atoms with E-state index in [4.69, 9.17) is 0 Å². The number of carbonyl (C=O) groups excluding carboxylic acids is 1. The summed E-state index contributed by atoms with van der Waals surface area (Å²) >= 11 is 0. The SMILES string of the molecule is Cc1nc(C=O)c2c(n1)CCN(Cc1ccccc1)C2. The molecule has 0 saturated carbocycles. The van der Waals surface area contributed by atoms with Crippen LogP contribution in [0.15, 0.2) is 30.3 Å². The van der Waals surface area contributed by atoms with Gasteiger partial charge in [-0.2, -0.15) is 0 Å². The zero-order valence-electron chi connectivity index (χ0n) is 11.5. The summed E-state index contributed by atoms with van der Waals surface area (Å²) in [5, 5.41) is 0. The van der Waals surface area contributed by atoms with Crippen molar-refractivity contribution in [2.24, 2.45) is 0 Å². The van der Waals surface area contributed by atoms with Crippen molar-refractivity contribution in [1.82, 2.24) is 14.9 Å². The summed E-state index contributed by atoms with van der Waals surface area (Å²) in [4.78, 5) is 22.2. The van der Waals surface area contributed by atoms with Crippen molar-refractivity contribution >= 4 is 6.29 Å². The van der Waals surface area contributed by atoms with Gasteiger partial charge >= 0.3 is 0 Å². The molecule has 0 aliphatic carbocycles. The fourth-order valence-corrected chi connectivity index (χ4v) is 2.70. The molecular formula is C16H17N3O. The van der Waals surface area contributed by atoms with Gasteiger partial charge in [0.25, 0.3) is 0 Å². The molecule has 2 heterocycles. The van der Waals surface area contributed by atoms with Crippen LogP contribution < -0.4 is 0 Å². The smallest absolute Gasteiger partial charge is 0.168 e. The molecule has 1 aromatic carbocycles. The lowest BCUT2D eigenvalue weighted by molar-refractivity contribution is 0.111. The Hall–Kier alpha value is -2.07. The molecule has 102 valence electrons. The molecule has 4 heteroatoms. The Morgan fingerprint density at radius 1 is 1.25 bits per heavy atom. The molecule has 0 amide bonds. The minimum Gasteiger partial charge on any atom is -0.296 e. The van der Waals surface area contributed by atoms with Crippen LogP contribution >= 0.6 is 0 Å². The van der Waals surface area contributed by atoms with Gasteiger partial charge in [-0.3, -0.25) is 9.69 Å². The monoisotopic (exact) mass is 267 g/mol. The summed E-state index contributed by atoms with van der Waals surface area (Å²) in [6.07, 6.45) is 1.73. The minimum atomic E-state index is 0.547. The van der Waals surface area contributed by atoms with Gasteiger partial charge in [0.15, 0.2) is 6.29 Å². The molecule has 0 fully saturated rings. The maximum atomic E-state index is 11.2. The maximum absolute atomic E-state index is 11.2. The Bertz CT molecular complexity index is 625. The normalized spacial score (nSPS) is 14.8. The molecule has 1 aliphatic heterocycles. The van der Waals surface area contributed by atoms with Crippen LogP contribution in [0.2, 0.25) is 0 Å². The Balaban J connectivity index is 1.83. The van der Waals surface area contributed by atoms with E-state index in [0.29, 0.717) is 11.5 Å². The summed E-state index contributed by atoms with van der Waals surface area (Å²) in [6.45, 7) is 4.45. The Morgan fingerprint density at radius 3 is 2.80 bits per heavy atom. The zero-order chi connectivity index (χ0) is 13.9. The van der Waals surface area contributed by atoms with Gasteiger partial charge in [-0.05, 0) is 12.5 Å². The third-order valence-corrected chi connectivity index (χ3v) is 3.64. The molecule has 2 aromatic rings. The molecule has 0 radical (unpaired) electrons. The standard InChI is InChI=1S/C16H17N3O/c1-12-17-15-7-8-19(9-13-5-3-2-4-6-13)10-14(15)16(11-20)18-12/h2-6,11H,7-10H2,1H3. The largest absolute Gasteiger partial charge is 0.296 e. The first-order chi connectivity index (χ1) is 9.76. The van der Waals surface area contributed by atoms with Gasteiger partial charge in [-0.25, -0.2) is 9.97 Å². The molecule has 0 N–H and O–H groups in total. The predicted octanol–water partition coefficient (Wildman–Crippen LogP) is 2.16. The van der Waals surface area contributed by atoms with Gasteiger partial charge in [-0.1, -0.05) is 30.3 Å². The van der Waals surface area contributed by atoms with Gasteiger partial charge in [0.2, 0.25) is 0 Å². The van der Waals surface area contributed by atoms with E-state index in [0.717, 1.165) is 43.6 Å². The van der Waals surface area contributed by atoms with Crippen LogP contribution in [-0.4, -0.2) is 27.7 Å². The molecule has 3 rings (SSSR count). The van der Waals surface area contributed by atoms with E-state index < -0.39 is 0 Å². The summed E-state index contributed by atoms with van der Waals surface area (Å²) in [5.41, 5.74) is 3.86. The van der Waals surface area contributed by atoms with Crippen LogP contribution in [0.3, 0.4) is 0 Å². The lowest BCUT2D eigenvalue weighted by atomic mass is 10.0. The van der Waals surface area contributed by atoms with Gasteiger partial charge in [0.05, 0.1) is 5.69 Å². The number of nitrogens with zero attached hydrogens (tertiary/aromatic N) is 3. The number of rotatable bonds is 3. The van der Waals surface area contributed by atoms with Crippen LogP contribution in [0.5, 0.6) is 0 Å². The summed E-state index contributed by atoms with van der Waals surface area (Å²) < 4.78 is 0. The number of carbonyl (C=O) groups is 1. The number of fused-ring (bicyclic) bond motifs is 1. The van der Waals surface area contributed by atoms with E-state index in [2.05, 4.69) is 39.1 Å². The number of aldehydes is 1. The second-order valence-corrected chi connectivity index (χ2v) is 5.15. The molecule has 0 saturated heterocycles. The van der Waals surface area contributed by atoms with Crippen molar-refractivity contribution < 1.29 is 4.79 Å². The predicted molar refractivity (Wildman–Crippen MR) is 76.4 cm³/mol. The first kappa shape index (κ1) is 12.9. The van der Waals surface area contributed by atoms with E-state index in [-0.39, 0.29) is 0 Å². The van der Waals surface area contributed by atoms with E-state index in [1.165, 1.54) is 5.56 Å². The maximum Gasteiger partial charge on any atom is 0.168 e. The van der Waals surface area contributed by atoms with Crippen molar-refractivity contribution in [1.29, 1.82) is 0 Å². The highest BCUT2D eigenvalue weighted by atomic mass is 16.1. The average molecular weight is 267 g/mol. The first-order valence-corrected chi connectivity index (χ1v) is 6.84. The molecule has 4 nitrogen and oxygen atoms in total. The number of aromatic nitrogens is 2. The lowest BCUT2D eigenvalue weighted by Crippen LogP contribution is -2.32. The van der Waals surface area contributed by atoms with Crippen LogP contribution in [0.4, 0.5) is 0 Å². The summed E-state index contributed by atoms with van der Waals surface area (Å²) in [5.74, 6) is 0.683. The molecular weight excluding hydrogens is 250 g/mol.